The zero-order valence-corrected chi connectivity index (χ0v) is 23.0. The fraction of sp³-hybridized carbons (Fsp3) is 0.324. The number of rotatable bonds is 7. The van der Waals surface area contributed by atoms with Gasteiger partial charge in [-0.3, -0.25) is 4.79 Å². The van der Waals surface area contributed by atoms with Crippen LogP contribution in [-0.4, -0.2) is 12.5 Å². The van der Waals surface area contributed by atoms with Gasteiger partial charge in [-0.1, -0.05) is 123 Å². The van der Waals surface area contributed by atoms with E-state index in [-0.39, 0.29) is 12.5 Å². The van der Waals surface area contributed by atoms with Crippen LogP contribution < -0.4 is 16.4 Å². The molecule has 0 spiro atoms. The lowest BCUT2D eigenvalue weighted by molar-refractivity contribution is -0.115. The number of hydrogen-bond acceptors (Lipinski definition) is 1. The SMILES string of the molecule is CCCC(=O)C1=CCC(c2ccc(B(c3c(C)cc(C)cc3C)c3c(C)cc(C)cc3C)cc2)C=C1. The number of allylic oxidation sites excluding steroid dienone is 4. The first-order valence-corrected chi connectivity index (χ1v) is 13.4. The molecule has 2 heteroatoms. The molecule has 1 nitrogen and oxygen atoms in total. The molecule has 36 heavy (non-hydrogen) atoms. The van der Waals surface area contributed by atoms with Gasteiger partial charge in [-0.25, -0.2) is 0 Å². The van der Waals surface area contributed by atoms with Crippen LogP contribution in [0.2, 0.25) is 0 Å². The molecular weight excluding hydrogens is 435 g/mol. The number of hydrogen-bond donors (Lipinski definition) is 0. The van der Waals surface area contributed by atoms with E-state index in [1.54, 1.807) is 0 Å². The molecule has 1 unspecified atom stereocenters. The lowest BCUT2D eigenvalue weighted by Crippen LogP contribution is -2.55. The van der Waals surface area contributed by atoms with E-state index in [9.17, 15) is 4.79 Å². The molecule has 0 N–H and O–H groups in total. The van der Waals surface area contributed by atoms with Crippen molar-refractivity contribution in [2.75, 3.05) is 0 Å². The highest BCUT2D eigenvalue weighted by Crippen LogP contribution is 2.27. The quantitative estimate of drug-likeness (QED) is 0.363. The average molecular weight is 474 g/mol. The lowest BCUT2D eigenvalue weighted by Gasteiger charge is -2.25. The normalized spacial score (nSPS) is 15.1. The molecule has 0 bridgehead atoms. The van der Waals surface area contributed by atoms with Gasteiger partial charge in [0.05, 0.1) is 0 Å². The summed E-state index contributed by atoms with van der Waals surface area (Å²) in [6.45, 7) is 15.6. The highest BCUT2D eigenvalue weighted by Gasteiger charge is 2.28. The largest absolute Gasteiger partial charge is 0.294 e. The maximum atomic E-state index is 12.3. The molecule has 0 amide bonds. The van der Waals surface area contributed by atoms with Crippen molar-refractivity contribution >= 4 is 28.9 Å². The van der Waals surface area contributed by atoms with E-state index in [0.717, 1.165) is 18.4 Å². The zero-order chi connectivity index (χ0) is 26.0. The maximum absolute atomic E-state index is 12.3. The van der Waals surface area contributed by atoms with Gasteiger partial charge in [-0.15, -0.1) is 0 Å². The standard InChI is InChI=1S/C34H39BO/c1-8-9-32(36)30-12-10-28(11-13-30)29-14-16-31(17-15-29)35(33-24(4)18-22(2)19-25(33)5)34-26(6)20-23(3)21-27(34)7/h10,12-21,28H,8-9,11H2,1-7H3. The summed E-state index contributed by atoms with van der Waals surface area (Å²) >= 11 is 0. The Balaban J connectivity index is 1.73. The minimum absolute atomic E-state index is 0.195. The Kier molecular flexibility index (Phi) is 7.84. The molecule has 3 aromatic carbocycles. The highest BCUT2D eigenvalue weighted by molar-refractivity contribution is 6.96. The molecule has 0 fully saturated rings. The third-order valence-corrected chi connectivity index (χ3v) is 7.65. The van der Waals surface area contributed by atoms with Gasteiger partial charge in [0, 0.05) is 17.9 Å². The molecule has 0 saturated heterocycles. The van der Waals surface area contributed by atoms with E-state index in [1.807, 2.05) is 6.08 Å². The summed E-state index contributed by atoms with van der Waals surface area (Å²) in [7, 11) is 0. The molecule has 1 aliphatic rings. The summed E-state index contributed by atoms with van der Waals surface area (Å²) in [4.78, 5) is 12.3. The number of aryl methyl sites for hydroxylation is 6. The van der Waals surface area contributed by atoms with Crippen molar-refractivity contribution in [3.8, 4) is 0 Å². The van der Waals surface area contributed by atoms with Gasteiger partial charge in [-0.2, -0.15) is 0 Å². The second-order valence-electron chi connectivity index (χ2n) is 10.8. The van der Waals surface area contributed by atoms with Gasteiger partial charge in [0.25, 0.3) is 0 Å². The van der Waals surface area contributed by atoms with E-state index < -0.39 is 0 Å². The minimum atomic E-state index is 0.195. The fourth-order valence-corrected chi connectivity index (χ4v) is 6.15. The molecule has 1 atom stereocenters. The number of carbonyl (C=O) groups excluding carboxylic acids is 1. The van der Waals surface area contributed by atoms with Crippen molar-refractivity contribution < 1.29 is 4.79 Å². The van der Waals surface area contributed by atoms with Crippen molar-refractivity contribution in [2.24, 2.45) is 0 Å². The van der Waals surface area contributed by atoms with Crippen LogP contribution in [0.1, 0.15) is 71.0 Å². The minimum Gasteiger partial charge on any atom is -0.294 e. The van der Waals surface area contributed by atoms with E-state index in [1.165, 1.54) is 55.3 Å². The lowest BCUT2D eigenvalue weighted by atomic mass is 9.34. The molecular formula is C34H39BO. The molecule has 0 aromatic heterocycles. The summed E-state index contributed by atoms with van der Waals surface area (Å²) in [5, 5.41) is 0. The number of carbonyl (C=O) groups is 1. The van der Waals surface area contributed by atoms with Crippen molar-refractivity contribution in [3.05, 3.63) is 111 Å². The second kappa shape index (κ2) is 10.9. The molecule has 4 rings (SSSR count). The molecule has 1 aliphatic carbocycles. The second-order valence-corrected chi connectivity index (χ2v) is 10.8. The molecule has 0 saturated carbocycles. The summed E-state index contributed by atoms with van der Waals surface area (Å²) in [5.74, 6) is 0.583. The average Bonchev–Trinajstić information content (AvgIpc) is 2.82. The van der Waals surface area contributed by atoms with Gasteiger partial charge in [0.1, 0.15) is 0 Å². The van der Waals surface area contributed by atoms with Crippen molar-refractivity contribution in [1.29, 1.82) is 0 Å². The molecule has 0 heterocycles. The smallest absolute Gasteiger partial charge is 0.242 e. The molecule has 184 valence electrons. The maximum Gasteiger partial charge on any atom is 0.242 e. The number of Topliss-reactive ketones (excluding diaryl/α,β-unsaturated/α-hetero) is 1. The summed E-state index contributed by atoms with van der Waals surface area (Å²) in [5.41, 5.74) is 14.4. The van der Waals surface area contributed by atoms with Gasteiger partial charge >= 0.3 is 0 Å². The van der Waals surface area contributed by atoms with E-state index in [0.29, 0.717) is 12.3 Å². The van der Waals surface area contributed by atoms with Crippen LogP contribution in [-0.2, 0) is 4.79 Å². The van der Waals surface area contributed by atoms with E-state index in [2.05, 4.69) is 109 Å². The van der Waals surface area contributed by atoms with Gasteiger partial charge in [0.2, 0.25) is 6.71 Å². The highest BCUT2D eigenvalue weighted by atomic mass is 16.1. The summed E-state index contributed by atoms with van der Waals surface area (Å²) in [6.07, 6.45) is 8.77. The van der Waals surface area contributed by atoms with Crippen LogP contribution in [0.5, 0.6) is 0 Å². The third-order valence-electron chi connectivity index (χ3n) is 7.65. The first kappa shape index (κ1) is 26.0. The number of benzene rings is 3. The van der Waals surface area contributed by atoms with E-state index >= 15 is 0 Å². The van der Waals surface area contributed by atoms with Crippen LogP contribution in [0, 0.1) is 41.5 Å². The van der Waals surface area contributed by atoms with Crippen LogP contribution in [0.4, 0.5) is 0 Å². The van der Waals surface area contributed by atoms with Crippen LogP contribution in [0.25, 0.3) is 0 Å². The summed E-state index contributed by atoms with van der Waals surface area (Å²) < 4.78 is 0. The van der Waals surface area contributed by atoms with Crippen molar-refractivity contribution in [3.63, 3.8) is 0 Å². The Morgan fingerprint density at radius 3 is 1.72 bits per heavy atom. The Hall–Kier alpha value is -3.13. The summed E-state index contributed by atoms with van der Waals surface area (Å²) in [6, 6.07) is 18.5. The van der Waals surface area contributed by atoms with Crippen LogP contribution in [0.3, 0.4) is 0 Å². The Morgan fingerprint density at radius 2 is 1.31 bits per heavy atom. The molecule has 0 aliphatic heterocycles. The van der Waals surface area contributed by atoms with Crippen LogP contribution in [0.15, 0.2) is 72.3 Å². The van der Waals surface area contributed by atoms with Gasteiger partial charge in [-0.05, 0) is 59.9 Å². The van der Waals surface area contributed by atoms with Crippen molar-refractivity contribution in [2.45, 2.75) is 73.6 Å². The fourth-order valence-electron chi connectivity index (χ4n) is 6.15. The Morgan fingerprint density at radius 1 is 0.806 bits per heavy atom. The topological polar surface area (TPSA) is 17.1 Å². The molecule has 0 radical (unpaired) electrons. The zero-order valence-electron chi connectivity index (χ0n) is 23.0. The predicted octanol–water partition coefficient (Wildman–Crippen LogP) is 6.39. The molecule has 3 aromatic rings. The number of ketones is 1. The van der Waals surface area contributed by atoms with Gasteiger partial charge < -0.3 is 0 Å². The van der Waals surface area contributed by atoms with E-state index in [4.69, 9.17) is 0 Å². The van der Waals surface area contributed by atoms with Gasteiger partial charge in [0.15, 0.2) is 5.78 Å². The first-order chi connectivity index (χ1) is 17.2. The Bertz CT molecular complexity index is 1240. The van der Waals surface area contributed by atoms with Crippen molar-refractivity contribution in [1.82, 2.24) is 0 Å². The van der Waals surface area contributed by atoms with Crippen LogP contribution >= 0.6 is 0 Å². The predicted molar refractivity (Wildman–Crippen MR) is 157 cm³/mol. The Labute approximate surface area is 218 Å². The monoisotopic (exact) mass is 474 g/mol. The third kappa shape index (κ3) is 5.33. The first-order valence-electron chi connectivity index (χ1n) is 13.4.